The van der Waals surface area contributed by atoms with Crippen LogP contribution in [0.15, 0.2) is 103 Å². The van der Waals surface area contributed by atoms with E-state index in [1.165, 1.54) is 83.2 Å². The molecule has 1 saturated heterocycles. The van der Waals surface area contributed by atoms with E-state index in [0.717, 1.165) is 65.0 Å². The standard InChI is InChI=1S/C50H64N4O4/c1-3-5-7-9-11-17-31-54(32-18-12-10-8-6-4-2)36-43-33-48(40-25-23-38(37-55)24-26-40)58-50(57-43)41-29-27-39(28-30-41)44-20-14-13-19-42(44)34-52-49(56)47-35-51-45-21-15-16-22-46(45)53-47/h13-16,19-30,35,43,48,50,55H,3-12,17-18,31-34,36-37H2,1-2H3,(H,52,56). The van der Waals surface area contributed by atoms with Crippen LogP contribution in [0.4, 0.5) is 0 Å². The van der Waals surface area contributed by atoms with Crippen molar-refractivity contribution < 1.29 is 19.4 Å². The highest BCUT2D eigenvalue weighted by Gasteiger charge is 2.33. The first-order valence-corrected chi connectivity index (χ1v) is 22.0. The zero-order chi connectivity index (χ0) is 40.4. The molecule has 4 aromatic carbocycles. The molecular formula is C50H64N4O4. The van der Waals surface area contributed by atoms with Gasteiger partial charge in [0.1, 0.15) is 5.69 Å². The summed E-state index contributed by atoms with van der Waals surface area (Å²) in [5.74, 6) is -0.261. The van der Waals surface area contributed by atoms with Gasteiger partial charge in [0.25, 0.3) is 5.91 Å². The second kappa shape index (κ2) is 23.2. The van der Waals surface area contributed by atoms with Crippen molar-refractivity contribution in [1.29, 1.82) is 0 Å². The first kappa shape index (κ1) is 43.1. The van der Waals surface area contributed by atoms with E-state index in [2.05, 4.69) is 76.5 Å². The minimum atomic E-state index is -0.516. The van der Waals surface area contributed by atoms with Gasteiger partial charge in [-0.3, -0.25) is 9.78 Å². The zero-order valence-electron chi connectivity index (χ0n) is 34.8. The Morgan fingerprint density at radius 1 is 0.724 bits per heavy atom. The largest absolute Gasteiger partial charge is 0.392 e. The van der Waals surface area contributed by atoms with Crippen molar-refractivity contribution in [3.05, 3.63) is 131 Å². The molecule has 5 aromatic rings. The quantitative estimate of drug-likeness (QED) is 0.0637. The molecule has 1 aliphatic rings. The molecule has 1 amide bonds. The van der Waals surface area contributed by atoms with Crippen molar-refractivity contribution in [2.75, 3.05) is 19.6 Å². The number of amides is 1. The first-order chi connectivity index (χ1) is 28.5. The number of aromatic nitrogens is 2. The second-order valence-corrected chi connectivity index (χ2v) is 15.9. The normalized spacial score (nSPS) is 16.9. The van der Waals surface area contributed by atoms with E-state index in [0.29, 0.717) is 17.8 Å². The molecule has 0 aliphatic carbocycles. The zero-order valence-corrected chi connectivity index (χ0v) is 34.8. The number of carbonyl (C=O) groups is 1. The minimum absolute atomic E-state index is 0.0118. The van der Waals surface area contributed by atoms with Crippen LogP contribution in [-0.2, 0) is 22.6 Å². The van der Waals surface area contributed by atoms with Crippen molar-refractivity contribution >= 4 is 16.9 Å². The number of hydrogen-bond donors (Lipinski definition) is 2. The molecule has 3 atom stereocenters. The Hall–Kier alpha value is -4.47. The maximum absolute atomic E-state index is 13.1. The fourth-order valence-corrected chi connectivity index (χ4v) is 7.96. The maximum Gasteiger partial charge on any atom is 0.271 e. The summed E-state index contributed by atoms with van der Waals surface area (Å²) in [5, 5.41) is 12.8. The SMILES string of the molecule is CCCCCCCCN(CCCCCCCC)CC1CC(c2ccc(CO)cc2)OC(c2ccc(-c3ccccc3CNC(=O)c3cnc4ccccc4n3)cc2)O1. The van der Waals surface area contributed by atoms with E-state index < -0.39 is 6.29 Å². The molecule has 3 unspecified atom stereocenters. The predicted octanol–water partition coefficient (Wildman–Crippen LogP) is 11.3. The average Bonchev–Trinajstić information content (AvgIpc) is 3.27. The van der Waals surface area contributed by atoms with Crippen molar-refractivity contribution in [2.24, 2.45) is 0 Å². The number of nitrogens with one attached hydrogen (secondary N) is 1. The average molecular weight is 785 g/mol. The van der Waals surface area contributed by atoms with Crippen molar-refractivity contribution in [1.82, 2.24) is 20.2 Å². The molecule has 8 nitrogen and oxygen atoms in total. The smallest absolute Gasteiger partial charge is 0.271 e. The molecule has 1 aromatic heterocycles. The Labute approximate surface area is 346 Å². The molecular weight excluding hydrogens is 721 g/mol. The molecule has 0 bridgehead atoms. The molecule has 0 radical (unpaired) electrons. The lowest BCUT2D eigenvalue weighted by atomic mass is 9.97. The number of nitrogens with zero attached hydrogens (tertiary/aromatic N) is 3. The number of aliphatic hydroxyl groups is 1. The number of ether oxygens (including phenoxy) is 2. The van der Waals surface area contributed by atoms with Crippen LogP contribution in [0.5, 0.6) is 0 Å². The highest BCUT2D eigenvalue weighted by Crippen LogP contribution is 2.39. The Bertz CT molecular complexity index is 1950. The van der Waals surface area contributed by atoms with Crippen molar-refractivity contribution in [2.45, 2.75) is 129 Å². The lowest BCUT2D eigenvalue weighted by molar-refractivity contribution is -0.253. The molecule has 2 heterocycles. The maximum atomic E-state index is 13.1. The van der Waals surface area contributed by atoms with Gasteiger partial charge in [-0.1, -0.05) is 163 Å². The molecule has 58 heavy (non-hydrogen) atoms. The van der Waals surface area contributed by atoms with Crippen LogP contribution in [0.3, 0.4) is 0 Å². The number of benzene rings is 4. The number of para-hydroxylation sites is 2. The monoisotopic (exact) mass is 784 g/mol. The molecule has 1 aliphatic heterocycles. The van der Waals surface area contributed by atoms with E-state index in [1.807, 2.05) is 54.6 Å². The Morgan fingerprint density at radius 2 is 1.34 bits per heavy atom. The van der Waals surface area contributed by atoms with Gasteiger partial charge in [0.15, 0.2) is 6.29 Å². The van der Waals surface area contributed by atoms with Crippen LogP contribution in [0.2, 0.25) is 0 Å². The van der Waals surface area contributed by atoms with E-state index in [9.17, 15) is 9.90 Å². The van der Waals surface area contributed by atoms with Crippen LogP contribution in [-0.4, -0.2) is 51.6 Å². The summed E-state index contributed by atoms with van der Waals surface area (Å²) in [6.45, 7) is 8.02. The highest BCUT2D eigenvalue weighted by atomic mass is 16.7. The van der Waals surface area contributed by atoms with Gasteiger partial charge in [-0.25, -0.2) is 4.98 Å². The second-order valence-electron chi connectivity index (χ2n) is 15.9. The topological polar surface area (TPSA) is 96.8 Å². The van der Waals surface area contributed by atoms with Crippen LogP contribution >= 0.6 is 0 Å². The Balaban J connectivity index is 1.15. The van der Waals surface area contributed by atoms with Crippen LogP contribution in [0.25, 0.3) is 22.2 Å². The lowest BCUT2D eigenvalue weighted by Crippen LogP contribution is -2.40. The minimum Gasteiger partial charge on any atom is -0.392 e. The Morgan fingerprint density at radius 3 is 2.03 bits per heavy atom. The van der Waals surface area contributed by atoms with Crippen molar-refractivity contribution in [3.63, 3.8) is 0 Å². The summed E-state index contributed by atoms with van der Waals surface area (Å²) in [5.41, 5.74) is 7.82. The summed E-state index contributed by atoms with van der Waals surface area (Å²) in [6, 6.07) is 32.3. The third kappa shape index (κ3) is 12.8. The number of carbonyl (C=O) groups excluding carboxylic acids is 1. The summed E-state index contributed by atoms with van der Waals surface area (Å²) < 4.78 is 13.6. The fraction of sp³-hybridized carbons (Fsp3) is 0.460. The fourth-order valence-electron chi connectivity index (χ4n) is 7.96. The van der Waals surface area contributed by atoms with Gasteiger partial charge in [0, 0.05) is 25.1 Å². The van der Waals surface area contributed by atoms with E-state index in [4.69, 9.17) is 9.47 Å². The summed E-state index contributed by atoms with van der Waals surface area (Å²) in [6.07, 6.45) is 17.2. The number of unbranched alkanes of at least 4 members (excludes halogenated alkanes) is 10. The molecule has 8 heteroatoms. The molecule has 2 N–H and O–H groups in total. The van der Waals surface area contributed by atoms with Gasteiger partial charge in [-0.05, 0) is 65.9 Å². The first-order valence-electron chi connectivity index (χ1n) is 22.0. The molecule has 308 valence electrons. The summed E-state index contributed by atoms with van der Waals surface area (Å²) in [7, 11) is 0. The molecule has 0 spiro atoms. The number of fused-ring (bicyclic) bond motifs is 1. The summed E-state index contributed by atoms with van der Waals surface area (Å²) >= 11 is 0. The van der Waals surface area contributed by atoms with Gasteiger partial charge in [0.05, 0.1) is 36.0 Å². The van der Waals surface area contributed by atoms with Crippen molar-refractivity contribution in [3.8, 4) is 11.1 Å². The van der Waals surface area contributed by atoms with Gasteiger partial charge >= 0.3 is 0 Å². The van der Waals surface area contributed by atoms with Crippen LogP contribution < -0.4 is 5.32 Å². The van der Waals surface area contributed by atoms with Gasteiger partial charge in [0.2, 0.25) is 0 Å². The Kier molecular flexibility index (Phi) is 17.3. The van der Waals surface area contributed by atoms with Crippen LogP contribution in [0, 0.1) is 0 Å². The van der Waals surface area contributed by atoms with E-state index >= 15 is 0 Å². The lowest BCUT2D eigenvalue weighted by Gasteiger charge is -2.38. The highest BCUT2D eigenvalue weighted by molar-refractivity contribution is 5.93. The molecule has 0 saturated carbocycles. The van der Waals surface area contributed by atoms with Gasteiger partial charge in [-0.15, -0.1) is 0 Å². The molecule has 1 fully saturated rings. The number of rotatable bonds is 23. The van der Waals surface area contributed by atoms with Gasteiger partial charge in [-0.2, -0.15) is 0 Å². The van der Waals surface area contributed by atoms with E-state index in [-0.39, 0.29) is 24.7 Å². The predicted molar refractivity (Wildman–Crippen MR) is 234 cm³/mol. The third-order valence-electron chi connectivity index (χ3n) is 11.4. The summed E-state index contributed by atoms with van der Waals surface area (Å²) in [4.78, 5) is 24.7. The number of aliphatic hydroxyl groups excluding tert-OH is 1. The van der Waals surface area contributed by atoms with Crippen LogP contribution in [0.1, 0.15) is 142 Å². The van der Waals surface area contributed by atoms with Gasteiger partial charge < -0.3 is 24.8 Å². The van der Waals surface area contributed by atoms with E-state index in [1.54, 1.807) is 0 Å². The molecule has 6 rings (SSSR count). The third-order valence-corrected chi connectivity index (χ3v) is 11.4. The number of hydrogen-bond acceptors (Lipinski definition) is 7.